The van der Waals surface area contributed by atoms with Crippen LogP contribution >= 0.6 is 57.1 Å². The molecule has 0 fully saturated rings. The molecule has 0 heterocycles. The largest absolute Gasteiger partial charge is 0.143 e. The SMILES string of the molecule is Sc1ccc2cc(Br)ccc2c1-c1c(S)ccc2cc(Br)ccc12. The molecule has 0 aromatic heterocycles. The van der Waals surface area contributed by atoms with E-state index >= 15 is 0 Å². The van der Waals surface area contributed by atoms with Crippen molar-refractivity contribution in [1.82, 2.24) is 0 Å². The van der Waals surface area contributed by atoms with Crippen LogP contribution in [0, 0.1) is 0 Å². The van der Waals surface area contributed by atoms with Crippen molar-refractivity contribution in [3.63, 3.8) is 0 Å². The van der Waals surface area contributed by atoms with Gasteiger partial charge in [0.25, 0.3) is 0 Å². The highest BCUT2D eigenvalue weighted by Gasteiger charge is 2.14. The maximum atomic E-state index is 4.75. The molecule has 4 rings (SSSR count). The van der Waals surface area contributed by atoms with Crippen molar-refractivity contribution < 1.29 is 0 Å². The first kappa shape index (κ1) is 16.5. The highest BCUT2D eigenvalue weighted by atomic mass is 79.9. The third-order valence-electron chi connectivity index (χ3n) is 4.17. The predicted octanol–water partition coefficient (Wildman–Crippen LogP) is 7.76. The van der Waals surface area contributed by atoms with Gasteiger partial charge in [0.1, 0.15) is 0 Å². The number of thiol groups is 2. The Morgan fingerprint density at radius 2 is 0.958 bits per heavy atom. The molecule has 4 aromatic rings. The number of benzene rings is 4. The Bertz CT molecular complexity index is 1010. The zero-order valence-corrected chi connectivity index (χ0v) is 17.4. The fourth-order valence-corrected chi connectivity index (χ4v) is 4.47. The molecule has 118 valence electrons. The quantitative estimate of drug-likeness (QED) is 0.258. The maximum Gasteiger partial charge on any atom is 0.0181 e. The Balaban J connectivity index is 2.17. The molecule has 0 unspecified atom stereocenters. The minimum Gasteiger partial charge on any atom is -0.143 e. The van der Waals surface area contributed by atoms with Gasteiger partial charge in [-0.25, -0.2) is 0 Å². The molecule has 24 heavy (non-hydrogen) atoms. The zero-order chi connectivity index (χ0) is 16.8. The van der Waals surface area contributed by atoms with E-state index in [1.54, 1.807) is 0 Å². The standard InChI is InChI=1S/C20H12Br2S2/c21-13-3-5-15-11(9-13)1-7-17(23)19(15)20-16-6-4-14(22)10-12(16)2-8-18(20)24/h1-10,23-24H. The van der Waals surface area contributed by atoms with Gasteiger partial charge in [0, 0.05) is 29.9 Å². The number of halogens is 2. The van der Waals surface area contributed by atoms with Crippen molar-refractivity contribution in [2.75, 3.05) is 0 Å². The lowest BCUT2D eigenvalue weighted by Crippen LogP contribution is -1.89. The fourth-order valence-electron chi connectivity index (χ4n) is 3.10. The summed E-state index contributed by atoms with van der Waals surface area (Å²) in [7, 11) is 0. The number of hydrogen-bond donors (Lipinski definition) is 2. The fraction of sp³-hybridized carbons (Fsp3) is 0. The van der Waals surface area contributed by atoms with Crippen molar-refractivity contribution in [2.45, 2.75) is 9.79 Å². The van der Waals surface area contributed by atoms with Crippen LogP contribution in [0.2, 0.25) is 0 Å². The third kappa shape index (κ3) is 2.80. The van der Waals surface area contributed by atoms with E-state index in [-0.39, 0.29) is 0 Å². The average molecular weight is 476 g/mol. The monoisotopic (exact) mass is 474 g/mol. The van der Waals surface area contributed by atoms with E-state index < -0.39 is 0 Å². The molecule has 0 bridgehead atoms. The van der Waals surface area contributed by atoms with Crippen molar-refractivity contribution in [1.29, 1.82) is 0 Å². The van der Waals surface area contributed by atoms with Crippen LogP contribution in [0.25, 0.3) is 32.7 Å². The molecule has 0 atom stereocenters. The van der Waals surface area contributed by atoms with E-state index in [0.717, 1.165) is 29.9 Å². The second-order valence-corrected chi connectivity index (χ2v) is 8.45. The molecule has 0 aliphatic rings. The molecule has 0 radical (unpaired) electrons. The maximum absolute atomic E-state index is 4.75. The molecule has 0 nitrogen and oxygen atoms in total. The Labute approximate surface area is 168 Å². The van der Waals surface area contributed by atoms with Crippen molar-refractivity contribution in [3.8, 4) is 11.1 Å². The van der Waals surface area contributed by atoms with Gasteiger partial charge in [-0.15, -0.1) is 25.3 Å². The predicted molar refractivity (Wildman–Crippen MR) is 117 cm³/mol. The van der Waals surface area contributed by atoms with Crippen LogP contribution in [-0.2, 0) is 0 Å². The summed E-state index contributed by atoms with van der Waals surface area (Å²) in [5.74, 6) is 0. The molecular formula is C20H12Br2S2. The average Bonchev–Trinajstić information content (AvgIpc) is 2.56. The summed E-state index contributed by atoms with van der Waals surface area (Å²) in [4.78, 5) is 1.91. The van der Waals surface area contributed by atoms with Crippen molar-refractivity contribution in [3.05, 3.63) is 69.6 Å². The minimum absolute atomic E-state index is 0.954. The Hall–Kier alpha value is -0.940. The summed E-state index contributed by atoms with van der Waals surface area (Å²) in [5, 5.41) is 4.71. The molecule has 0 amide bonds. The minimum atomic E-state index is 0.954. The van der Waals surface area contributed by atoms with Gasteiger partial charge in [-0.2, -0.15) is 0 Å². The molecule has 0 N–H and O–H groups in total. The first-order valence-electron chi connectivity index (χ1n) is 7.37. The summed E-state index contributed by atoms with van der Waals surface area (Å²) >= 11 is 16.6. The molecule has 0 aliphatic carbocycles. The van der Waals surface area contributed by atoms with Gasteiger partial charge in [0.15, 0.2) is 0 Å². The summed E-state index contributed by atoms with van der Waals surface area (Å²) in [5.41, 5.74) is 2.25. The molecule has 0 aliphatic heterocycles. The lowest BCUT2D eigenvalue weighted by molar-refractivity contribution is 1.44. The molecule has 4 aromatic carbocycles. The Morgan fingerprint density at radius 3 is 1.38 bits per heavy atom. The smallest absolute Gasteiger partial charge is 0.0181 e. The molecule has 0 saturated carbocycles. The summed E-state index contributed by atoms with van der Waals surface area (Å²) in [6.07, 6.45) is 0. The van der Waals surface area contributed by atoms with Gasteiger partial charge < -0.3 is 0 Å². The van der Waals surface area contributed by atoms with E-state index in [9.17, 15) is 0 Å². The van der Waals surface area contributed by atoms with Crippen LogP contribution in [0.15, 0.2) is 79.4 Å². The first-order chi connectivity index (χ1) is 11.5. The normalized spacial score (nSPS) is 11.3. The second kappa shape index (κ2) is 6.41. The lowest BCUT2D eigenvalue weighted by atomic mass is 9.94. The van der Waals surface area contributed by atoms with Crippen LogP contribution in [0.1, 0.15) is 0 Å². The molecule has 0 saturated heterocycles. The highest BCUT2D eigenvalue weighted by molar-refractivity contribution is 9.10. The summed E-state index contributed by atoms with van der Waals surface area (Å²) < 4.78 is 2.14. The van der Waals surface area contributed by atoms with Crippen LogP contribution < -0.4 is 0 Å². The summed E-state index contributed by atoms with van der Waals surface area (Å²) in [6, 6.07) is 21.0. The molecular weight excluding hydrogens is 464 g/mol. The van der Waals surface area contributed by atoms with Gasteiger partial charge in [-0.1, -0.05) is 56.1 Å². The van der Waals surface area contributed by atoms with E-state index in [4.69, 9.17) is 25.3 Å². The Kier molecular flexibility index (Phi) is 4.42. The Morgan fingerprint density at radius 1 is 0.542 bits per heavy atom. The van der Waals surface area contributed by atoms with Gasteiger partial charge in [0.05, 0.1) is 0 Å². The summed E-state index contributed by atoms with van der Waals surface area (Å²) in [6.45, 7) is 0. The third-order valence-corrected chi connectivity index (χ3v) is 5.90. The van der Waals surface area contributed by atoms with Crippen LogP contribution in [-0.4, -0.2) is 0 Å². The second-order valence-electron chi connectivity index (χ2n) is 5.65. The van der Waals surface area contributed by atoms with Gasteiger partial charge >= 0.3 is 0 Å². The lowest BCUT2D eigenvalue weighted by Gasteiger charge is -2.15. The van der Waals surface area contributed by atoms with Crippen LogP contribution in [0.3, 0.4) is 0 Å². The van der Waals surface area contributed by atoms with E-state index in [1.165, 1.54) is 21.5 Å². The highest BCUT2D eigenvalue weighted by Crippen LogP contribution is 2.42. The van der Waals surface area contributed by atoms with Crippen molar-refractivity contribution >= 4 is 78.7 Å². The number of fused-ring (bicyclic) bond motifs is 2. The van der Waals surface area contributed by atoms with E-state index in [2.05, 4.69) is 92.5 Å². The van der Waals surface area contributed by atoms with Crippen LogP contribution in [0.5, 0.6) is 0 Å². The zero-order valence-electron chi connectivity index (χ0n) is 12.4. The van der Waals surface area contributed by atoms with E-state index in [1.807, 2.05) is 0 Å². The van der Waals surface area contributed by atoms with Gasteiger partial charge in [-0.05, 0) is 57.9 Å². The number of hydrogen-bond acceptors (Lipinski definition) is 2. The molecule has 0 spiro atoms. The van der Waals surface area contributed by atoms with Gasteiger partial charge in [0.2, 0.25) is 0 Å². The van der Waals surface area contributed by atoms with Crippen molar-refractivity contribution in [2.24, 2.45) is 0 Å². The van der Waals surface area contributed by atoms with E-state index in [0.29, 0.717) is 0 Å². The topological polar surface area (TPSA) is 0 Å². The molecule has 4 heteroatoms. The van der Waals surface area contributed by atoms with Crippen LogP contribution in [0.4, 0.5) is 0 Å². The van der Waals surface area contributed by atoms with Gasteiger partial charge in [-0.3, -0.25) is 0 Å². The number of rotatable bonds is 1. The first-order valence-corrected chi connectivity index (χ1v) is 9.85.